The molecule has 1 aromatic carbocycles. The Morgan fingerprint density at radius 1 is 1.50 bits per heavy atom. The van der Waals surface area contributed by atoms with Gasteiger partial charge in [0.2, 0.25) is 0 Å². The first-order valence-electron chi connectivity index (χ1n) is 6.72. The van der Waals surface area contributed by atoms with E-state index < -0.39 is 4.92 Å². The SMILES string of the molecule is Cc1c(C(=O)N2CCCCC2CO)cccc1[N+](=O)[O-]. The zero-order valence-electron chi connectivity index (χ0n) is 11.4. The zero-order chi connectivity index (χ0) is 14.7. The van der Waals surface area contributed by atoms with Crippen molar-refractivity contribution >= 4 is 11.6 Å². The van der Waals surface area contributed by atoms with E-state index in [2.05, 4.69) is 0 Å². The summed E-state index contributed by atoms with van der Waals surface area (Å²) >= 11 is 0. The van der Waals surface area contributed by atoms with Gasteiger partial charge < -0.3 is 10.0 Å². The van der Waals surface area contributed by atoms with Crippen molar-refractivity contribution in [2.75, 3.05) is 13.2 Å². The summed E-state index contributed by atoms with van der Waals surface area (Å²) in [5.41, 5.74) is 0.678. The van der Waals surface area contributed by atoms with Crippen molar-refractivity contribution in [1.82, 2.24) is 4.90 Å². The summed E-state index contributed by atoms with van der Waals surface area (Å²) in [5, 5.41) is 20.3. The van der Waals surface area contributed by atoms with E-state index >= 15 is 0 Å². The summed E-state index contributed by atoms with van der Waals surface area (Å²) < 4.78 is 0. The predicted molar refractivity (Wildman–Crippen MR) is 73.6 cm³/mol. The molecule has 0 bridgehead atoms. The van der Waals surface area contributed by atoms with Crippen LogP contribution in [0.2, 0.25) is 0 Å². The summed E-state index contributed by atoms with van der Waals surface area (Å²) in [5.74, 6) is -0.232. The Morgan fingerprint density at radius 3 is 2.90 bits per heavy atom. The zero-order valence-corrected chi connectivity index (χ0v) is 11.4. The Hall–Kier alpha value is -1.95. The van der Waals surface area contributed by atoms with E-state index in [1.807, 2.05) is 0 Å². The minimum Gasteiger partial charge on any atom is -0.394 e. The molecule has 1 fully saturated rings. The van der Waals surface area contributed by atoms with E-state index in [-0.39, 0.29) is 24.2 Å². The predicted octanol–water partition coefficient (Wildman–Crippen LogP) is 1.89. The van der Waals surface area contributed by atoms with E-state index in [1.165, 1.54) is 12.1 Å². The third kappa shape index (κ3) is 2.65. The Morgan fingerprint density at radius 2 is 2.25 bits per heavy atom. The number of likely N-dealkylation sites (tertiary alicyclic amines) is 1. The number of carbonyl (C=O) groups excluding carboxylic acids is 1. The first-order valence-corrected chi connectivity index (χ1v) is 6.72. The van der Waals surface area contributed by atoms with Crippen LogP contribution in [0.4, 0.5) is 5.69 Å². The number of hydrogen-bond acceptors (Lipinski definition) is 4. The second-order valence-corrected chi connectivity index (χ2v) is 5.04. The number of nitro benzene ring substituents is 1. The van der Waals surface area contributed by atoms with Crippen molar-refractivity contribution in [3.05, 3.63) is 39.4 Å². The number of nitrogens with zero attached hydrogens (tertiary/aromatic N) is 2. The molecule has 108 valence electrons. The van der Waals surface area contributed by atoms with Gasteiger partial charge in [0.1, 0.15) is 0 Å². The number of amides is 1. The Labute approximate surface area is 117 Å². The fourth-order valence-corrected chi connectivity index (χ4v) is 2.67. The first kappa shape index (κ1) is 14.5. The Balaban J connectivity index is 2.33. The van der Waals surface area contributed by atoms with Crippen LogP contribution in [0.3, 0.4) is 0 Å². The second-order valence-electron chi connectivity index (χ2n) is 5.04. The number of nitro groups is 1. The maximum atomic E-state index is 12.6. The van der Waals surface area contributed by atoms with Crippen molar-refractivity contribution in [2.45, 2.75) is 32.2 Å². The van der Waals surface area contributed by atoms with Gasteiger partial charge >= 0.3 is 0 Å². The maximum absolute atomic E-state index is 12.6. The average molecular weight is 278 g/mol. The van der Waals surface area contributed by atoms with Gasteiger partial charge in [-0.15, -0.1) is 0 Å². The highest BCUT2D eigenvalue weighted by Gasteiger charge is 2.29. The lowest BCUT2D eigenvalue weighted by Crippen LogP contribution is -2.45. The summed E-state index contributed by atoms with van der Waals surface area (Å²) in [4.78, 5) is 24.6. The minimum atomic E-state index is -0.480. The largest absolute Gasteiger partial charge is 0.394 e. The third-order valence-corrected chi connectivity index (χ3v) is 3.83. The molecule has 1 amide bonds. The molecule has 0 spiro atoms. The van der Waals surface area contributed by atoms with E-state index in [1.54, 1.807) is 17.9 Å². The number of rotatable bonds is 3. The summed E-state index contributed by atoms with van der Waals surface area (Å²) in [6.07, 6.45) is 2.66. The summed E-state index contributed by atoms with van der Waals surface area (Å²) in [6.45, 7) is 2.11. The Kier molecular flexibility index (Phi) is 4.34. The molecule has 0 saturated carbocycles. The van der Waals surface area contributed by atoms with Crippen molar-refractivity contribution < 1.29 is 14.8 Å². The Bertz CT molecular complexity index is 530. The quantitative estimate of drug-likeness (QED) is 0.676. The van der Waals surface area contributed by atoms with Crippen molar-refractivity contribution in [1.29, 1.82) is 0 Å². The molecule has 20 heavy (non-hydrogen) atoms. The van der Waals surface area contributed by atoms with E-state index in [0.29, 0.717) is 17.7 Å². The number of benzene rings is 1. The molecule has 1 saturated heterocycles. The van der Waals surface area contributed by atoms with E-state index in [4.69, 9.17) is 0 Å². The van der Waals surface area contributed by atoms with Crippen molar-refractivity contribution in [3.63, 3.8) is 0 Å². The van der Waals surface area contributed by atoms with Crippen LogP contribution in [-0.2, 0) is 0 Å². The fourth-order valence-electron chi connectivity index (χ4n) is 2.67. The highest BCUT2D eigenvalue weighted by atomic mass is 16.6. The molecule has 0 aromatic heterocycles. The van der Waals surface area contributed by atoms with Crippen molar-refractivity contribution in [2.24, 2.45) is 0 Å². The number of carbonyl (C=O) groups is 1. The molecule has 0 radical (unpaired) electrons. The van der Waals surface area contributed by atoms with Crippen LogP contribution in [-0.4, -0.2) is 40.0 Å². The monoisotopic (exact) mass is 278 g/mol. The normalized spacial score (nSPS) is 18.9. The first-order chi connectivity index (χ1) is 9.56. The highest BCUT2D eigenvalue weighted by molar-refractivity contribution is 5.96. The molecule has 1 heterocycles. The van der Waals surface area contributed by atoms with Crippen LogP contribution in [0, 0.1) is 17.0 Å². The standard InChI is InChI=1S/C14H18N2O4/c1-10-12(6-4-7-13(10)16(19)20)14(18)15-8-3-2-5-11(15)9-17/h4,6-7,11,17H,2-3,5,8-9H2,1H3. The molecule has 1 atom stereocenters. The minimum absolute atomic E-state index is 0.0478. The smallest absolute Gasteiger partial charge is 0.273 e. The molecule has 1 unspecified atom stereocenters. The van der Waals surface area contributed by atoms with Crippen LogP contribution in [0.1, 0.15) is 35.2 Å². The fraction of sp³-hybridized carbons (Fsp3) is 0.500. The topological polar surface area (TPSA) is 83.7 Å². The molecule has 1 aliphatic rings. The molecular weight excluding hydrogens is 260 g/mol. The van der Waals surface area contributed by atoms with Crippen LogP contribution in [0.15, 0.2) is 18.2 Å². The molecule has 2 rings (SSSR count). The number of aliphatic hydroxyl groups is 1. The lowest BCUT2D eigenvalue weighted by atomic mass is 9.99. The lowest BCUT2D eigenvalue weighted by molar-refractivity contribution is -0.385. The molecule has 0 aliphatic carbocycles. The number of aliphatic hydroxyl groups excluding tert-OH is 1. The van der Waals surface area contributed by atoms with E-state index in [9.17, 15) is 20.0 Å². The number of piperidine rings is 1. The van der Waals surface area contributed by atoms with Crippen LogP contribution < -0.4 is 0 Å². The summed E-state index contributed by atoms with van der Waals surface area (Å²) in [7, 11) is 0. The van der Waals surface area contributed by atoms with Gasteiger partial charge in [-0.1, -0.05) is 6.07 Å². The van der Waals surface area contributed by atoms with Crippen LogP contribution in [0.5, 0.6) is 0 Å². The molecular formula is C14H18N2O4. The summed E-state index contributed by atoms with van der Waals surface area (Å²) in [6, 6.07) is 4.34. The van der Waals surface area contributed by atoms with Gasteiger partial charge in [0, 0.05) is 23.7 Å². The van der Waals surface area contributed by atoms with Crippen molar-refractivity contribution in [3.8, 4) is 0 Å². The van der Waals surface area contributed by atoms with Crippen LogP contribution in [0.25, 0.3) is 0 Å². The van der Waals surface area contributed by atoms with Gasteiger partial charge in [-0.05, 0) is 32.3 Å². The average Bonchev–Trinajstić information content (AvgIpc) is 2.46. The second kappa shape index (κ2) is 6.00. The molecule has 1 aliphatic heterocycles. The van der Waals surface area contributed by atoms with Gasteiger partial charge in [-0.3, -0.25) is 14.9 Å². The molecule has 1 aromatic rings. The molecule has 6 nitrogen and oxygen atoms in total. The lowest BCUT2D eigenvalue weighted by Gasteiger charge is -2.34. The molecule has 6 heteroatoms. The van der Waals surface area contributed by atoms with Gasteiger partial charge in [-0.25, -0.2) is 0 Å². The van der Waals surface area contributed by atoms with Gasteiger partial charge in [0.05, 0.1) is 17.6 Å². The maximum Gasteiger partial charge on any atom is 0.273 e. The van der Waals surface area contributed by atoms with Gasteiger partial charge in [0.15, 0.2) is 0 Å². The van der Waals surface area contributed by atoms with Gasteiger partial charge in [0.25, 0.3) is 11.6 Å². The van der Waals surface area contributed by atoms with E-state index in [0.717, 1.165) is 19.3 Å². The van der Waals surface area contributed by atoms with Crippen LogP contribution >= 0.6 is 0 Å². The number of hydrogen-bond donors (Lipinski definition) is 1. The highest BCUT2D eigenvalue weighted by Crippen LogP contribution is 2.25. The third-order valence-electron chi connectivity index (χ3n) is 3.83. The molecule has 1 N–H and O–H groups in total. The van der Waals surface area contributed by atoms with Gasteiger partial charge in [-0.2, -0.15) is 0 Å².